The largest absolute Gasteiger partial charge is 0.573 e. The first kappa shape index (κ1) is 24.4. The van der Waals surface area contributed by atoms with Gasteiger partial charge in [-0.3, -0.25) is 0 Å². The lowest BCUT2D eigenvalue weighted by Crippen LogP contribution is -2.58. The Bertz CT molecular complexity index is 916. The lowest BCUT2D eigenvalue weighted by atomic mass is 9.91. The van der Waals surface area contributed by atoms with Gasteiger partial charge in [0.15, 0.2) is 0 Å². The van der Waals surface area contributed by atoms with Gasteiger partial charge in [-0.15, -0.1) is 13.2 Å². The summed E-state index contributed by atoms with van der Waals surface area (Å²) in [6.45, 7) is 0.498. The van der Waals surface area contributed by atoms with E-state index in [1.165, 1.54) is 7.05 Å². The van der Waals surface area contributed by atoms with Crippen molar-refractivity contribution in [3.8, 4) is 11.8 Å². The summed E-state index contributed by atoms with van der Waals surface area (Å²) in [6, 6.07) is 3.76. The molecule has 1 saturated heterocycles. The summed E-state index contributed by atoms with van der Waals surface area (Å²) in [6.07, 6.45) is -2.53. The number of nitriles is 1. The van der Waals surface area contributed by atoms with Crippen LogP contribution in [0.25, 0.3) is 0 Å². The number of piperidine rings is 1. The molecule has 0 spiro atoms. The van der Waals surface area contributed by atoms with Crippen molar-refractivity contribution >= 4 is 12.1 Å². The third-order valence-corrected chi connectivity index (χ3v) is 5.65. The summed E-state index contributed by atoms with van der Waals surface area (Å²) in [7, 11) is 1.51. The van der Waals surface area contributed by atoms with Crippen molar-refractivity contribution in [1.82, 2.24) is 20.4 Å². The molecule has 8 nitrogen and oxygen atoms in total. The van der Waals surface area contributed by atoms with Gasteiger partial charge < -0.3 is 25.2 Å². The highest BCUT2D eigenvalue weighted by molar-refractivity contribution is 5.76. The highest BCUT2D eigenvalue weighted by atomic mass is 19.4. The summed E-state index contributed by atoms with van der Waals surface area (Å²) in [4.78, 5) is 28.4. The first-order valence-electron chi connectivity index (χ1n) is 10.5. The Morgan fingerprint density at radius 1 is 1.27 bits per heavy atom. The normalized spacial score (nSPS) is 20.5. The number of likely N-dealkylation sites (tertiary alicyclic amines) is 1. The summed E-state index contributed by atoms with van der Waals surface area (Å²) < 4.78 is 54.8. The van der Waals surface area contributed by atoms with Gasteiger partial charge in [0.25, 0.3) is 0 Å². The minimum atomic E-state index is -4.93. The van der Waals surface area contributed by atoms with E-state index in [2.05, 4.69) is 21.4 Å². The summed E-state index contributed by atoms with van der Waals surface area (Å²) >= 11 is 0. The van der Waals surface area contributed by atoms with E-state index in [9.17, 15) is 27.2 Å². The van der Waals surface area contributed by atoms with E-state index in [0.717, 1.165) is 25.0 Å². The van der Waals surface area contributed by atoms with E-state index >= 15 is 0 Å². The Morgan fingerprint density at radius 2 is 2.00 bits per heavy atom. The maximum Gasteiger partial charge on any atom is 0.573 e. The second-order valence-corrected chi connectivity index (χ2v) is 8.18. The Morgan fingerprint density at radius 3 is 2.58 bits per heavy atom. The van der Waals surface area contributed by atoms with Crippen LogP contribution in [0.1, 0.15) is 31.2 Å². The monoisotopic (exact) mass is 471 g/mol. The minimum Gasteiger partial charge on any atom is -0.406 e. The number of carbonyl (C=O) groups excluding carboxylic acids is 2. The second-order valence-electron chi connectivity index (χ2n) is 8.18. The highest BCUT2D eigenvalue weighted by Crippen LogP contribution is 2.33. The Hall–Kier alpha value is -3.23. The van der Waals surface area contributed by atoms with Gasteiger partial charge >= 0.3 is 18.4 Å². The molecule has 3 rings (SSSR count). The fourth-order valence-corrected chi connectivity index (χ4v) is 4.09. The van der Waals surface area contributed by atoms with E-state index in [4.69, 9.17) is 5.26 Å². The van der Waals surface area contributed by atoms with Gasteiger partial charge in [-0.1, -0.05) is 6.07 Å². The molecule has 2 N–H and O–H groups in total. The zero-order valence-corrected chi connectivity index (χ0v) is 18.0. The number of nitrogens with one attached hydrogen (secondary N) is 2. The third kappa shape index (κ3) is 6.63. The van der Waals surface area contributed by atoms with Crippen LogP contribution < -0.4 is 15.4 Å². The number of hydrogen-bond donors (Lipinski definition) is 2. The van der Waals surface area contributed by atoms with Gasteiger partial charge in [0.2, 0.25) is 0 Å². The van der Waals surface area contributed by atoms with E-state index in [0.29, 0.717) is 25.6 Å². The number of halogens is 4. The number of amides is 4. The maximum absolute atomic E-state index is 14.2. The fraction of sp³-hybridized carbons (Fsp3) is 0.571. The number of nitrogens with zero attached hydrogens (tertiary/aromatic N) is 3. The van der Waals surface area contributed by atoms with Crippen molar-refractivity contribution < 1.29 is 31.9 Å². The van der Waals surface area contributed by atoms with E-state index < -0.39 is 24.0 Å². The lowest BCUT2D eigenvalue weighted by Gasteiger charge is -2.42. The second kappa shape index (κ2) is 10.1. The van der Waals surface area contributed by atoms with E-state index in [1.54, 1.807) is 9.80 Å². The van der Waals surface area contributed by atoms with Crippen LogP contribution in [-0.4, -0.2) is 60.4 Å². The first-order valence-corrected chi connectivity index (χ1v) is 10.5. The van der Waals surface area contributed by atoms with Crippen molar-refractivity contribution in [3.05, 3.63) is 29.6 Å². The molecular formula is C21H25F4N5O3. The molecule has 180 valence electrons. The molecule has 0 bridgehead atoms. The van der Waals surface area contributed by atoms with Gasteiger partial charge in [-0.2, -0.15) is 5.26 Å². The number of carbonyl (C=O) groups is 2. The molecule has 1 aliphatic heterocycles. The Balaban J connectivity index is 1.68. The molecule has 1 saturated carbocycles. The van der Waals surface area contributed by atoms with Gasteiger partial charge in [0.05, 0.1) is 12.1 Å². The number of urea groups is 2. The number of rotatable bonds is 6. The van der Waals surface area contributed by atoms with Crippen LogP contribution in [0.15, 0.2) is 18.2 Å². The van der Waals surface area contributed by atoms with Crippen molar-refractivity contribution in [1.29, 1.82) is 5.26 Å². The fourth-order valence-electron chi connectivity index (χ4n) is 4.09. The quantitative estimate of drug-likeness (QED) is 0.622. The van der Waals surface area contributed by atoms with Crippen LogP contribution in [0.3, 0.4) is 0 Å². The van der Waals surface area contributed by atoms with Crippen LogP contribution in [-0.2, 0) is 6.54 Å². The van der Waals surface area contributed by atoms with Crippen LogP contribution in [0.4, 0.5) is 27.2 Å². The predicted molar refractivity (Wildman–Crippen MR) is 108 cm³/mol. The van der Waals surface area contributed by atoms with Crippen molar-refractivity contribution in [2.75, 3.05) is 20.1 Å². The molecule has 1 aromatic carbocycles. The zero-order valence-electron chi connectivity index (χ0n) is 18.0. The molecule has 1 aromatic rings. The Labute approximate surface area is 188 Å². The molecule has 4 amide bonds. The highest BCUT2D eigenvalue weighted by Gasteiger charge is 2.41. The van der Waals surface area contributed by atoms with Crippen molar-refractivity contribution in [2.24, 2.45) is 5.92 Å². The topological polar surface area (TPSA) is 97.7 Å². The molecule has 0 aromatic heterocycles. The molecule has 1 aliphatic carbocycles. The molecule has 2 aliphatic rings. The molecule has 1 heterocycles. The first-order chi connectivity index (χ1) is 15.6. The predicted octanol–water partition coefficient (Wildman–Crippen LogP) is 3.34. The van der Waals surface area contributed by atoms with E-state index in [1.807, 2.05) is 0 Å². The summed E-state index contributed by atoms with van der Waals surface area (Å²) in [5.74, 6) is -1.71. The van der Waals surface area contributed by atoms with Gasteiger partial charge in [-0.05, 0) is 31.2 Å². The summed E-state index contributed by atoms with van der Waals surface area (Å²) in [5.41, 5.74) is 0.00612. The van der Waals surface area contributed by atoms with Crippen LogP contribution in [0, 0.1) is 23.1 Å². The molecule has 2 unspecified atom stereocenters. The number of alkyl halides is 3. The average Bonchev–Trinajstić information content (AvgIpc) is 3.56. The third-order valence-electron chi connectivity index (χ3n) is 5.65. The summed E-state index contributed by atoms with van der Waals surface area (Å²) in [5, 5.41) is 14.3. The molecule has 2 fully saturated rings. The standard InChI is InChI=1S/C21H25F4N5O3/c1-27-19(31)29-11-13(6-7-26)8-16(12-29)30(15-3-4-15)20(32)28-10-14-2-5-17(9-18(14)22)33-21(23,24)25/h2,5,9,13,15-16H,3-4,6,8,10-12H2,1H3,(H,27,31)(H,28,32). The molecule has 2 atom stereocenters. The number of benzene rings is 1. The minimum absolute atomic E-state index is 0.00612. The van der Waals surface area contributed by atoms with Crippen LogP contribution in [0.5, 0.6) is 5.75 Å². The Kier molecular flexibility index (Phi) is 7.50. The molecule has 0 radical (unpaired) electrons. The van der Waals surface area contributed by atoms with Crippen molar-refractivity contribution in [3.63, 3.8) is 0 Å². The lowest BCUT2D eigenvalue weighted by molar-refractivity contribution is -0.274. The van der Waals surface area contributed by atoms with Gasteiger partial charge in [0, 0.05) is 50.8 Å². The van der Waals surface area contributed by atoms with Crippen LogP contribution >= 0.6 is 0 Å². The van der Waals surface area contributed by atoms with Gasteiger partial charge in [0.1, 0.15) is 11.6 Å². The zero-order chi connectivity index (χ0) is 24.2. The van der Waals surface area contributed by atoms with E-state index in [-0.39, 0.29) is 42.6 Å². The average molecular weight is 471 g/mol. The number of ether oxygens (including phenoxy) is 1. The smallest absolute Gasteiger partial charge is 0.406 e. The number of hydrogen-bond acceptors (Lipinski definition) is 4. The van der Waals surface area contributed by atoms with Gasteiger partial charge in [-0.25, -0.2) is 14.0 Å². The molecule has 12 heteroatoms. The molecule has 33 heavy (non-hydrogen) atoms. The SMILES string of the molecule is CNC(=O)N1CC(CC#N)CC(N(C(=O)NCc2ccc(OC(F)(F)F)cc2F)C2CC2)C1. The maximum atomic E-state index is 14.2. The molecular weight excluding hydrogens is 446 g/mol. The van der Waals surface area contributed by atoms with Crippen molar-refractivity contribution in [2.45, 2.75) is 50.7 Å². The van der Waals surface area contributed by atoms with Crippen LogP contribution in [0.2, 0.25) is 0 Å².